The van der Waals surface area contributed by atoms with Gasteiger partial charge in [0.15, 0.2) is 0 Å². The molecule has 1 atom stereocenters. The van der Waals surface area contributed by atoms with E-state index >= 15 is 0 Å². The zero-order chi connectivity index (χ0) is 18.2. The van der Waals surface area contributed by atoms with Gasteiger partial charge in [-0.05, 0) is 64.3 Å². The van der Waals surface area contributed by atoms with Gasteiger partial charge in [0.25, 0.3) is 0 Å². The summed E-state index contributed by atoms with van der Waals surface area (Å²) in [6.45, 7) is 16.6. The lowest BCUT2D eigenvalue weighted by Crippen LogP contribution is -2.27. The normalized spacial score (nSPS) is 25.4. The molecular formula is C25H32. The van der Waals surface area contributed by atoms with Gasteiger partial charge in [-0.1, -0.05) is 83.5 Å². The topological polar surface area (TPSA) is 0 Å². The van der Waals surface area contributed by atoms with Crippen molar-refractivity contribution < 1.29 is 0 Å². The van der Waals surface area contributed by atoms with Crippen molar-refractivity contribution in [2.24, 2.45) is 0 Å². The predicted molar refractivity (Wildman–Crippen MR) is 108 cm³/mol. The zero-order valence-electron chi connectivity index (χ0n) is 17.0. The summed E-state index contributed by atoms with van der Waals surface area (Å²) in [7, 11) is 0. The molecule has 25 heavy (non-hydrogen) atoms. The lowest BCUT2D eigenvalue weighted by Gasteiger charge is -2.31. The Kier molecular flexibility index (Phi) is 3.37. The number of benzene rings is 2. The molecule has 0 heteroatoms. The molecule has 0 bridgehead atoms. The first-order chi connectivity index (χ1) is 11.6. The molecule has 0 nitrogen and oxygen atoms in total. The van der Waals surface area contributed by atoms with E-state index < -0.39 is 0 Å². The fraction of sp³-hybridized carbons (Fsp3) is 0.520. The molecule has 2 aromatic rings. The fourth-order valence-corrected chi connectivity index (χ4v) is 5.84. The van der Waals surface area contributed by atoms with Crippen LogP contribution in [0, 0.1) is 6.92 Å². The van der Waals surface area contributed by atoms with Crippen LogP contribution in [-0.4, -0.2) is 0 Å². The van der Waals surface area contributed by atoms with Crippen LogP contribution in [0.3, 0.4) is 0 Å². The molecule has 0 saturated heterocycles. The van der Waals surface area contributed by atoms with Gasteiger partial charge in [0, 0.05) is 5.41 Å². The molecule has 0 heterocycles. The number of aryl methyl sites for hydroxylation is 1. The third-order valence-electron chi connectivity index (χ3n) is 6.86. The Morgan fingerprint density at radius 2 is 1.24 bits per heavy atom. The van der Waals surface area contributed by atoms with Crippen LogP contribution in [0.5, 0.6) is 0 Å². The lowest BCUT2D eigenvalue weighted by atomic mass is 9.72. The Morgan fingerprint density at radius 3 is 1.80 bits per heavy atom. The minimum atomic E-state index is 0.189. The van der Waals surface area contributed by atoms with E-state index in [1.54, 1.807) is 22.3 Å². The van der Waals surface area contributed by atoms with E-state index in [-0.39, 0.29) is 16.2 Å². The van der Waals surface area contributed by atoms with Crippen LogP contribution in [0.15, 0.2) is 36.4 Å². The molecule has 0 aromatic heterocycles. The van der Waals surface area contributed by atoms with Gasteiger partial charge in [-0.25, -0.2) is 0 Å². The highest BCUT2D eigenvalue weighted by Gasteiger charge is 2.56. The van der Waals surface area contributed by atoms with E-state index in [0.717, 1.165) is 0 Å². The van der Waals surface area contributed by atoms with Gasteiger partial charge in [-0.3, -0.25) is 0 Å². The summed E-state index contributed by atoms with van der Waals surface area (Å²) in [6.07, 6.45) is 2.47. The summed E-state index contributed by atoms with van der Waals surface area (Å²) in [5.41, 5.74) is 9.90. The molecule has 0 radical (unpaired) electrons. The molecule has 0 saturated carbocycles. The van der Waals surface area contributed by atoms with Crippen molar-refractivity contribution in [3.63, 3.8) is 0 Å². The Bertz CT molecular complexity index is 846. The van der Waals surface area contributed by atoms with Gasteiger partial charge in [0.1, 0.15) is 0 Å². The van der Waals surface area contributed by atoms with Gasteiger partial charge >= 0.3 is 0 Å². The fourth-order valence-electron chi connectivity index (χ4n) is 5.84. The summed E-state index contributed by atoms with van der Waals surface area (Å²) in [5, 5.41) is 0. The molecule has 0 amide bonds. The van der Waals surface area contributed by atoms with E-state index in [0.29, 0.717) is 5.92 Å². The lowest BCUT2D eigenvalue weighted by molar-refractivity contribution is 0.349. The maximum absolute atomic E-state index is 2.54. The number of rotatable bonds is 1. The molecule has 4 rings (SSSR count). The van der Waals surface area contributed by atoms with Gasteiger partial charge < -0.3 is 0 Å². The largest absolute Gasteiger partial charge is 0.0590 e. The number of fused-ring (bicyclic) bond motifs is 4. The first kappa shape index (κ1) is 16.9. The number of hydrogen-bond donors (Lipinski definition) is 0. The summed E-state index contributed by atoms with van der Waals surface area (Å²) in [5.74, 6) is 0.581. The molecular weight excluding hydrogens is 300 g/mol. The van der Waals surface area contributed by atoms with Crippen molar-refractivity contribution in [1.82, 2.24) is 0 Å². The Labute approximate surface area is 153 Å². The molecule has 2 aromatic carbocycles. The molecule has 2 aliphatic rings. The van der Waals surface area contributed by atoms with Crippen LogP contribution in [-0.2, 0) is 16.2 Å². The monoisotopic (exact) mass is 332 g/mol. The predicted octanol–water partition coefficient (Wildman–Crippen LogP) is 6.77. The summed E-state index contributed by atoms with van der Waals surface area (Å²) in [4.78, 5) is 0. The average Bonchev–Trinajstić information content (AvgIpc) is 2.87. The maximum atomic E-state index is 2.54. The van der Waals surface area contributed by atoms with Crippen molar-refractivity contribution in [3.8, 4) is 0 Å². The zero-order valence-corrected chi connectivity index (χ0v) is 17.0. The SMILES string of the molecule is Cc1ccc2c(c1)C1(CC2(C)C)CC(C)(C)c2ccc(C(C)C)cc21. The third-order valence-corrected chi connectivity index (χ3v) is 6.86. The summed E-state index contributed by atoms with van der Waals surface area (Å²) >= 11 is 0. The van der Waals surface area contributed by atoms with E-state index in [1.807, 2.05) is 0 Å². The van der Waals surface area contributed by atoms with Crippen molar-refractivity contribution in [3.05, 3.63) is 69.8 Å². The molecule has 1 spiro atoms. The van der Waals surface area contributed by atoms with Crippen LogP contribution in [0.4, 0.5) is 0 Å². The van der Waals surface area contributed by atoms with Crippen LogP contribution in [0.2, 0.25) is 0 Å². The third kappa shape index (κ3) is 2.26. The number of hydrogen-bond acceptors (Lipinski definition) is 0. The van der Waals surface area contributed by atoms with Gasteiger partial charge in [-0.15, -0.1) is 0 Å². The molecule has 132 valence electrons. The highest BCUT2D eigenvalue weighted by Crippen LogP contribution is 2.62. The first-order valence-electron chi connectivity index (χ1n) is 9.83. The Balaban J connectivity index is 2.03. The van der Waals surface area contributed by atoms with E-state index in [1.165, 1.54) is 24.0 Å². The van der Waals surface area contributed by atoms with Crippen LogP contribution < -0.4 is 0 Å². The smallest absolute Gasteiger partial charge is 0.0225 e. The summed E-state index contributed by atoms with van der Waals surface area (Å²) < 4.78 is 0. The molecule has 0 fully saturated rings. The second kappa shape index (κ2) is 5.00. The van der Waals surface area contributed by atoms with Gasteiger partial charge in [-0.2, -0.15) is 0 Å². The molecule has 1 unspecified atom stereocenters. The highest BCUT2D eigenvalue weighted by molar-refractivity contribution is 5.60. The van der Waals surface area contributed by atoms with Crippen molar-refractivity contribution >= 4 is 0 Å². The van der Waals surface area contributed by atoms with Crippen LogP contribution >= 0.6 is 0 Å². The average molecular weight is 333 g/mol. The van der Waals surface area contributed by atoms with Crippen LogP contribution in [0.25, 0.3) is 0 Å². The Hall–Kier alpha value is -1.56. The van der Waals surface area contributed by atoms with E-state index in [9.17, 15) is 0 Å². The standard InChI is InChI=1S/C25H32/c1-16(2)18-9-11-20-22(13-18)25(15-24(20,6)7)14-23(4,5)19-10-8-17(3)12-21(19)25/h8-13,16H,14-15H2,1-7H3. The highest BCUT2D eigenvalue weighted by atomic mass is 14.6. The van der Waals surface area contributed by atoms with E-state index in [4.69, 9.17) is 0 Å². The summed E-state index contributed by atoms with van der Waals surface area (Å²) in [6, 6.07) is 14.5. The second-order valence-corrected chi connectivity index (χ2v) is 10.2. The molecule has 0 N–H and O–H groups in total. The van der Waals surface area contributed by atoms with Gasteiger partial charge in [0.2, 0.25) is 0 Å². The van der Waals surface area contributed by atoms with Crippen molar-refractivity contribution in [2.75, 3.05) is 0 Å². The van der Waals surface area contributed by atoms with Crippen molar-refractivity contribution in [1.29, 1.82) is 0 Å². The van der Waals surface area contributed by atoms with Gasteiger partial charge in [0.05, 0.1) is 0 Å². The van der Waals surface area contributed by atoms with Crippen LogP contribution in [0.1, 0.15) is 93.7 Å². The first-order valence-corrected chi connectivity index (χ1v) is 9.83. The quantitative estimate of drug-likeness (QED) is 0.540. The minimum Gasteiger partial charge on any atom is -0.0590 e. The molecule has 0 aliphatic heterocycles. The second-order valence-electron chi connectivity index (χ2n) is 10.2. The Morgan fingerprint density at radius 1 is 0.720 bits per heavy atom. The minimum absolute atomic E-state index is 0.189. The molecule has 2 aliphatic carbocycles. The van der Waals surface area contributed by atoms with Crippen molar-refractivity contribution in [2.45, 2.75) is 83.5 Å². The van der Waals surface area contributed by atoms with E-state index in [2.05, 4.69) is 84.9 Å². The maximum Gasteiger partial charge on any atom is 0.0225 e.